The molecule has 0 saturated heterocycles. The number of aliphatic imine (C=N–C) groups is 1. The van der Waals surface area contributed by atoms with Crippen molar-refractivity contribution in [3.05, 3.63) is 28.2 Å². The van der Waals surface area contributed by atoms with E-state index in [0.29, 0.717) is 10.4 Å². The largest absolute Gasteiger partial charge is 0.444 e. The highest BCUT2D eigenvalue weighted by atomic mass is 79.9. The lowest BCUT2D eigenvalue weighted by Gasteiger charge is -2.08. The number of alkyl halides is 3. The van der Waals surface area contributed by atoms with Crippen LogP contribution in [0.5, 0.6) is 0 Å². The first-order valence-corrected chi connectivity index (χ1v) is 5.99. The van der Waals surface area contributed by atoms with Gasteiger partial charge in [0.15, 0.2) is 0 Å². The summed E-state index contributed by atoms with van der Waals surface area (Å²) in [5.74, 6) is 0.294. The van der Waals surface area contributed by atoms with Crippen LogP contribution in [0.4, 0.5) is 18.9 Å². The molecule has 1 rings (SSSR count). The van der Waals surface area contributed by atoms with Gasteiger partial charge in [0.25, 0.3) is 0 Å². The third-order valence-corrected chi connectivity index (χ3v) is 3.02. The van der Waals surface area contributed by atoms with Crippen LogP contribution in [0.25, 0.3) is 0 Å². The average molecular weight is 329 g/mol. The number of nitrogens with zero attached hydrogens (tertiary/aromatic N) is 1. The Hall–Kier alpha value is -0.550. The maximum atomic E-state index is 12.2. The summed E-state index contributed by atoms with van der Waals surface area (Å²) in [5.41, 5.74) is 1.18. The fraction of sp³-hybridized carbons (Fsp3) is 0.364. The minimum atomic E-state index is -4.61. The Morgan fingerprint density at radius 2 is 1.94 bits per heavy atom. The molecule has 0 radical (unpaired) electrons. The first-order valence-electron chi connectivity index (χ1n) is 4.82. The predicted octanol–water partition coefficient (Wildman–Crippen LogP) is 5.40. The lowest BCUT2D eigenvalue weighted by molar-refractivity contribution is -0.0558. The third-order valence-electron chi connectivity index (χ3n) is 2.09. The van der Waals surface area contributed by atoms with E-state index in [9.17, 15) is 13.2 Å². The molecule has 0 aromatic heterocycles. The lowest BCUT2D eigenvalue weighted by Crippen LogP contribution is -2.16. The van der Waals surface area contributed by atoms with Crippen LogP contribution in [0.15, 0.2) is 27.7 Å². The standard InChI is InChI=1S/C11H10BrClF3N/c1-6(2)7-3-4-9(8(12)5-7)17-10(13)11(14,15)16/h3-6H,1-2H3. The molecule has 0 fully saturated rings. The van der Waals surface area contributed by atoms with Crippen LogP contribution in [0, 0.1) is 0 Å². The van der Waals surface area contributed by atoms with Crippen molar-refractivity contribution in [3.8, 4) is 0 Å². The van der Waals surface area contributed by atoms with Crippen molar-refractivity contribution in [1.82, 2.24) is 0 Å². The number of benzene rings is 1. The molecule has 6 heteroatoms. The fourth-order valence-electron chi connectivity index (χ4n) is 1.14. The summed E-state index contributed by atoms with van der Waals surface area (Å²) >= 11 is 8.25. The number of hydrogen-bond acceptors (Lipinski definition) is 1. The molecule has 0 heterocycles. The van der Waals surface area contributed by atoms with Crippen LogP contribution < -0.4 is 0 Å². The smallest absolute Gasteiger partial charge is 0.231 e. The molecule has 94 valence electrons. The zero-order valence-electron chi connectivity index (χ0n) is 9.15. The fourth-order valence-corrected chi connectivity index (χ4v) is 1.72. The molecule has 0 spiro atoms. The van der Waals surface area contributed by atoms with Crippen LogP contribution in [-0.2, 0) is 0 Å². The van der Waals surface area contributed by atoms with E-state index in [1.54, 1.807) is 12.1 Å². The van der Waals surface area contributed by atoms with Crippen molar-refractivity contribution in [2.75, 3.05) is 0 Å². The second-order valence-electron chi connectivity index (χ2n) is 3.77. The molecule has 0 aliphatic rings. The maximum Gasteiger partial charge on any atom is 0.444 e. The zero-order chi connectivity index (χ0) is 13.2. The topological polar surface area (TPSA) is 12.4 Å². The van der Waals surface area contributed by atoms with Gasteiger partial charge in [0.2, 0.25) is 5.17 Å². The van der Waals surface area contributed by atoms with E-state index in [4.69, 9.17) is 11.6 Å². The van der Waals surface area contributed by atoms with E-state index >= 15 is 0 Å². The van der Waals surface area contributed by atoms with Gasteiger partial charge >= 0.3 is 6.18 Å². The minimum Gasteiger partial charge on any atom is -0.231 e. The highest BCUT2D eigenvalue weighted by Gasteiger charge is 2.34. The van der Waals surface area contributed by atoms with Crippen LogP contribution >= 0.6 is 27.5 Å². The van der Waals surface area contributed by atoms with Crippen molar-refractivity contribution in [2.24, 2.45) is 4.99 Å². The second kappa shape index (κ2) is 5.40. The van der Waals surface area contributed by atoms with E-state index in [0.717, 1.165) is 5.56 Å². The molecule has 1 nitrogen and oxygen atoms in total. The van der Waals surface area contributed by atoms with E-state index in [-0.39, 0.29) is 5.69 Å². The van der Waals surface area contributed by atoms with Gasteiger partial charge in [0.1, 0.15) is 0 Å². The van der Waals surface area contributed by atoms with Gasteiger partial charge in [-0.1, -0.05) is 31.5 Å². The van der Waals surface area contributed by atoms with Crippen LogP contribution in [-0.4, -0.2) is 11.3 Å². The molecule has 17 heavy (non-hydrogen) atoms. The summed E-state index contributed by atoms with van der Waals surface area (Å²) in [6.45, 7) is 3.99. The molecular weight excluding hydrogens is 318 g/mol. The van der Waals surface area contributed by atoms with E-state index in [1.165, 1.54) is 6.07 Å². The van der Waals surface area contributed by atoms with Gasteiger partial charge in [-0.2, -0.15) is 13.2 Å². The Labute approximate surface area is 111 Å². The van der Waals surface area contributed by atoms with Crippen molar-refractivity contribution in [1.29, 1.82) is 0 Å². The average Bonchev–Trinajstić information content (AvgIpc) is 2.19. The highest BCUT2D eigenvalue weighted by Crippen LogP contribution is 2.31. The molecule has 0 aliphatic carbocycles. The first kappa shape index (κ1) is 14.5. The monoisotopic (exact) mass is 327 g/mol. The van der Waals surface area contributed by atoms with Crippen molar-refractivity contribution in [3.63, 3.8) is 0 Å². The lowest BCUT2D eigenvalue weighted by atomic mass is 10.0. The Morgan fingerprint density at radius 1 is 1.35 bits per heavy atom. The SMILES string of the molecule is CC(C)c1ccc(N=C(Cl)C(F)(F)F)c(Br)c1. The van der Waals surface area contributed by atoms with Gasteiger partial charge < -0.3 is 0 Å². The Morgan fingerprint density at radius 3 is 2.35 bits per heavy atom. The second-order valence-corrected chi connectivity index (χ2v) is 4.98. The molecule has 1 aromatic carbocycles. The normalized spacial score (nSPS) is 13.3. The maximum absolute atomic E-state index is 12.2. The Bertz CT molecular complexity index is 441. The molecule has 0 unspecified atom stereocenters. The first-order chi connectivity index (χ1) is 7.71. The number of hydrogen-bond donors (Lipinski definition) is 0. The van der Waals surface area contributed by atoms with Crippen LogP contribution in [0.2, 0.25) is 0 Å². The third kappa shape index (κ3) is 4.00. The van der Waals surface area contributed by atoms with Gasteiger partial charge in [0, 0.05) is 4.47 Å². The number of rotatable bonds is 2. The van der Waals surface area contributed by atoms with Gasteiger partial charge in [0.05, 0.1) is 5.69 Å². The van der Waals surface area contributed by atoms with E-state index in [2.05, 4.69) is 20.9 Å². The summed E-state index contributed by atoms with van der Waals surface area (Å²) in [6.07, 6.45) is -4.61. The van der Waals surface area contributed by atoms with Gasteiger partial charge in [-0.25, -0.2) is 4.99 Å². The summed E-state index contributed by atoms with van der Waals surface area (Å²) in [4.78, 5) is 3.34. The van der Waals surface area contributed by atoms with E-state index < -0.39 is 11.3 Å². The van der Waals surface area contributed by atoms with Crippen molar-refractivity contribution < 1.29 is 13.2 Å². The van der Waals surface area contributed by atoms with Crippen LogP contribution in [0.1, 0.15) is 25.3 Å². The molecule has 0 atom stereocenters. The quantitative estimate of drug-likeness (QED) is 0.644. The molecule has 1 aromatic rings. The summed E-state index contributed by atoms with van der Waals surface area (Å²) in [5, 5.41) is -1.38. The summed E-state index contributed by atoms with van der Waals surface area (Å²) in [6, 6.07) is 4.98. The highest BCUT2D eigenvalue weighted by molar-refractivity contribution is 9.10. The molecular formula is C11H10BrClF3N. The van der Waals surface area contributed by atoms with Crippen molar-refractivity contribution in [2.45, 2.75) is 25.9 Å². The molecule has 0 saturated carbocycles. The molecule has 0 N–H and O–H groups in total. The molecule has 0 amide bonds. The van der Waals surface area contributed by atoms with Gasteiger partial charge in [-0.15, -0.1) is 0 Å². The predicted molar refractivity (Wildman–Crippen MR) is 67.2 cm³/mol. The van der Waals surface area contributed by atoms with Gasteiger partial charge in [-0.3, -0.25) is 0 Å². The molecule has 0 bridgehead atoms. The van der Waals surface area contributed by atoms with Crippen LogP contribution in [0.3, 0.4) is 0 Å². The Balaban J connectivity index is 3.10. The Kier molecular flexibility index (Phi) is 4.61. The minimum absolute atomic E-state index is 0.164. The zero-order valence-corrected chi connectivity index (χ0v) is 11.5. The van der Waals surface area contributed by atoms with Gasteiger partial charge in [-0.05, 0) is 39.5 Å². The summed E-state index contributed by atoms with van der Waals surface area (Å²) in [7, 11) is 0. The van der Waals surface area contributed by atoms with Crippen molar-refractivity contribution >= 4 is 38.4 Å². The molecule has 0 aliphatic heterocycles. The summed E-state index contributed by atoms with van der Waals surface area (Å²) < 4.78 is 37.1. The van der Waals surface area contributed by atoms with E-state index in [1.807, 2.05) is 13.8 Å². The number of halogens is 5.